The molecule has 118 valence electrons. The Bertz CT molecular complexity index is 634. The minimum atomic E-state index is 0.633. The number of aromatic nitrogens is 2. The van der Waals surface area contributed by atoms with E-state index in [1.165, 1.54) is 0 Å². The number of rotatable bonds is 7. The summed E-state index contributed by atoms with van der Waals surface area (Å²) in [6.45, 7) is 5.53. The molecule has 5 nitrogen and oxygen atoms in total. The van der Waals surface area contributed by atoms with Crippen LogP contribution in [0.4, 0.5) is 17.5 Å². The Kier molecular flexibility index (Phi) is 6.15. The van der Waals surface area contributed by atoms with Crippen LogP contribution in [0.25, 0.3) is 0 Å². The zero-order valence-corrected chi connectivity index (χ0v) is 14.7. The maximum atomic E-state index is 5.03. The standard InChI is InChI=1S/C16H21BrN4O/c1-11-9-13(17)5-6-14(11)20-15-10-12(2)19-16(21-15)18-7-4-8-22-3/h5-6,9-10H,4,7-8H2,1-3H3,(H2,18,19,20,21). The third kappa shape index (κ3) is 4.96. The van der Waals surface area contributed by atoms with E-state index < -0.39 is 0 Å². The number of hydrogen-bond acceptors (Lipinski definition) is 5. The van der Waals surface area contributed by atoms with Crippen LogP contribution in [0.5, 0.6) is 0 Å². The van der Waals surface area contributed by atoms with Crippen molar-refractivity contribution in [1.29, 1.82) is 0 Å². The molecule has 0 saturated heterocycles. The van der Waals surface area contributed by atoms with Crippen molar-refractivity contribution in [3.8, 4) is 0 Å². The lowest BCUT2D eigenvalue weighted by atomic mass is 10.2. The highest BCUT2D eigenvalue weighted by Crippen LogP contribution is 2.23. The Morgan fingerprint density at radius 1 is 1.18 bits per heavy atom. The highest BCUT2D eigenvalue weighted by Gasteiger charge is 2.04. The first-order valence-corrected chi connectivity index (χ1v) is 7.99. The van der Waals surface area contributed by atoms with Crippen molar-refractivity contribution in [2.45, 2.75) is 20.3 Å². The number of methoxy groups -OCH3 is 1. The molecule has 6 heteroatoms. The molecule has 0 fully saturated rings. The first kappa shape index (κ1) is 16.7. The predicted molar refractivity (Wildman–Crippen MR) is 93.9 cm³/mol. The molecule has 1 aromatic carbocycles. The molecule has 0 aliphatic carbocycles. The van der Waals surface area contributed by atoms with Crippen LogP contribution in [0.1, 0.15) is 17.7 Å². The number of nitrogens with zero attached hydrogens (tertiary/aromatic N) is 2. The van der Waals surface area contributed by atoms with E-state index in [1.807, 2.05) is 25.1 Å². The van der Waals surface area contributed by atoms with Gasteiger partial charge in [0.05, 0.1) is 0 Å². The van der Waals surface area contributed by atoms with Gasteiger partial charge in [-0.2, -0.15) is 4.98 Å². The fourth-order valence-electron chi connectivity index (χ4n) is 2.03. The topological polar surface area (TPSA) is 59.1 Å². The Morgan fingerprint density at radius 3 is 2.73 bits per heavy atom. The predicted octanol–water partition coefficient (Wildman–Crippen LogP) is 4.05. The van der Waals surface area contributed by atoms with Crippen LogP contribution in [0.2, 0.25) is 0 Å². The summed E-state index contributed by atoms with van der Waals surface area (Å²) in [5, 5.41) is 6.57. The molecule has 0 radical (unpaired) electrons. The van der Waals surface area contributed by atoms with Gasteiger partial charge in [-0.15, -0.1) is 0 Å². The van der Waals surface area contributed by atoms with E-state index in [4.69, 9.17) is 4.74 Å². The minimum Gasteiger partial charge on any atom is -0.385 e. The molecule has 0 atom stereocenters. The monoisotopic (exact) mass is 364 g/mol. The zero-order valence-electron chi connectivity index (χ0n) is 13.1. The van der Waals surface area contributed by atoms with Crippen molar-refractivity contribution < 1.29 is 4.74 Å². The van der Waals surface area contributed by atoms with Gasteiger partial charge < -0.3 is 15.4 Å². The normalized spacial score (nSPS) is 10.5. The van der Waals surface area contributed by atoms with E-state index in [-0.39, 0.29) is 0 Å². The Morgan fingerprint density at radius 2 is 2.00 bits per heavy atom. The van der Waals surface area contributed by atoms with Gasteiger partial charge in [-0.25, -0.2) is 4.98 Å². The summed E-state index contributed by atoms with van der Waals surface area (Å²) in [7, 11) is 1.70. The van der Waals surface area contributed by atoms with Crippen molar-refractivity contribution >= 4 is 33.4 Å². The highest BCUT2D eigenvalue weighted by atomic mass is 79.9. The quantitative estimate of drug-likeness (QED) is 0.725. The average Bonchev–Trinajstić information content (AvgIpc) is 2.46. The largest absolute Gasteiger partial charge is 0.385 e. The number of ether oxygens (including phenoxy) is 1. The summed E-state index contributed by atoms with van der Waals surface area (Å²) in [6, 6.07) is 8.04. The van der Waals surface area contributed by atoms with Crippen LogP contribution < -0.4 is 10.6 Å². The Labute approximate surface area is 139 Å². The van der Waals surface area contributed by atoms with Crippen LogP contribution in [0.15, 0.2) is 28.7 Å². The zero-order chi connectivity index (χ0) is 15.9. The molecule has 2 rings (SSSR count). The summed E-state index contributed by atoms with van der Waals surface area (Å²) in [4.78, 5) is 8.90. The van der Waals surface area contributed by atoms with Crippen LogP contribution in [0.3, 0.4) is 0 Å². The molecule has 0 aliphatic rings. The lowest BCUT2D eigenvalue weighted by molar-refractivity contribution is 0.197. The minimum absolute atomic E-state index is 0.633. The van der Waals surface area contributed by atoms with Gasteiger partial charge in [0.15, 0.2) is 0 Å². The number of hydrogen-bond donors (Lipinski definition) is 2. The summed E-state index contributed by atoms with van der Waals surface area (Å²) >= 11 is 3.47. The van der Waals surface area contributed by atoms with E-state index >= 15 is 0 Å². The van der Waals surface area contributed by atoms with Gasteiger partial charge in [0, 0.05) is 42.2 Å². The fraction of sp³-hybridized carbons (Fsp3) is 0.375. The summed E-state index contributed by atoms with van der Waals surface area (Å²) in [6.07, 6.45) is 0.919. The average molecular weight is 365 g/mol. The first-order chi connectivity index (χ1) is 10.6. The lowest BCUT2D eigenvalue weighted by Crippen LogP contribution is -2.09. The second kappa shape index (κ2) is 8.10. The molecule has 2 aromatic rings. The van der Waals surface area contributed by atoms with Crippen LogP contribution in [-0.2, 0) is 4.74 Å². The third-order valence-corrected chi connectivity index (χ3v) is 3.61. The van der Waals surface area contributed by atoms with Gasteiger partial charge in [-0.05, 0) is 44.0 Å². The van der Waals surface area contributed by atoms with E-state index in [2.05, 4.69) is 49.5 Å². The van der Waals surface area contributed by atoms with Gasteiger partial charge in [0.2, 0.25) is 5.95 Å². The van der Waals surface area contributed by atoms with E-state index in [9.17, 15) is 0 Å². The van der Waals surface area contributed by atoms with E-state index in [1.54, 1.807) is 7.11 Å². The number of halogens is 1. The number of anilines is 3. The van der Waals surface area contributed by atoms with Crippen molar-refractivity contribution in [1.82, 2.24) is 9.97 Å². The second-order valence-corrected chi connectivity index (χ2v) is 5.99. The van der Waals surface area contributed by atoms with Crippen molar-refractivity contribution in [3.63, 3.8) is 0 Å². The molecular formula is C16H21BrN4O. The Hall–Kier alpha value is -1.66. The van der Waals surface area contributed by atoms with Crippen molar-refractivity contribution in [2.24, 2.45) is 0 Å². The second-order valence-electron chi connectivity index (χ2n) is 5.08. The van der Waals surface area contributed by atoms with Crippen LogP contribution in [0, 0.1) is 13.8 Å². The lowest BCUT2D eigenvalue weighted by Gasteiger charge is -2.12. The molecule has 0 spiro atoms. The first-order valence-electron chi connectivity index (χ1n) is 7.20. The number of aryl methyl sites for hydroxylation is 2. The highest BCUT2D eigenvalue weighted by molar-refractivity contribution is 9.10. The SMILES string of the molecule is COCCCNc1nc(C)cc(Nc2ccc(Br)cc2C)n1. The third-order valence-electron chi connectivity index (χ3n) is 3.11. The van der Waals surface area contributed by atoms with Crippen molar-refractivity contribution in [2.75, 3.05) is 30.9 Å². The van der Waals surface area contributed by atoms with Gasteiger partial charge in [-0.1, -0.05) is 15.9 Å². The van der Waals surface area contributed by atoms with Crippen LogP contribution in [-0.4, -0.2) is 30.2 Å². The molecule has 1 heterocycles. The van der Waals surface area contributed by atoms with Crippen LogP contribution >= 0.6 is 15.9 Å². The maximum absolute atomic E-state index is 5.03. The molecule has 0 aliphatic heterocycles. The molecule has 1 aromatic heterocycles. The summed E-state index contributed by atoms with van der Waals surface area (Å²) in [5.41, 5.74) is 3.10. The Balaban J connectivity index is 2.08. The molecule has 0 bridgehead atoms. The van der Waals surface area contributed by atoms with Gasteiger partial charge in [0.25, 0.3) is 0 Å². The van der Waals surface area contributed by atoms with Crippen molar-refractivity contribution in [3.05, 3.63) is 40.0 Å². The smallest absolute Gasteiger partial charge is 0.224 e. The van der Waals surface area contributed by atoms with E-state index in [0.717, 1.165) is 46.8 Å². The van der Waals surface area contributed by atoms with Gasteiger partial charge >= 0.3 is 0 Å². The number of nitrogens with one attached hydrogen (secondary N) is 2. The molecule has 0 saturated carbocycles. The summed E-state index contributed by atoms with van der Waals surface area (Å²) in [5.74, 6) is 1.42. The molecular weight excluding hydrogens is 344 g/mol. The molecule has 0 unspecified atom stereocenters. The number of benzene rings is 1. The molecule has 22 heavy (non-hydrogen) atoms. The molecule has 2 N–H and O–H groups in total. The fourth-order valence-corrected chi connectivity index (χ4v) is 2.51. The maximum Gasteiger partial charge on any atom is 0.224 e. The van der Waals surface area contributed by atoms with Gasteiger partial charge in [-0.3, -0.25) is 0 Å². The summed E-state index contributed by atoms with van der Waals surface area (Å²) < 4.78 is 6.10. The molecule has 0 amide bonds. The van der Waals surface area contributed by atoms with Gasteiger partial charge in [0.1, 0.15) is 5.82 Å². The van der Waals surface area contributed by atoms with E-state index in [0.29, 0.717) is 5.95 Å².